The van der Waals surface area contributed by atoms with Crippen LogP contribution in [0.4, 0.5) is 11.8 Å². The number of nitrogens with one attached hydrogen (secondary N) is 1. The topological polar surface area (TPSA) is 76.3 Å². The fourth-order valence-electron chi connectivity index (χ4n) is 1.83. The summed E-state index contributed by atoms with van der Waals surface area (Å²) in [6.45, 7) is 3.56. The van der Waals surface area contributed by atoms with E-state index in [1.165, 1.54) is 12.8 Å². The molecule has 3 N–H and O–H groups in total. The Balaban J connectivity index is 2.21. The molecule has 0 saturated heterocycles. The van der Waals surface area contributed by atoms with Crippen LogP contribution in [0.15, 0.2) is 6.20 Å². The molecule has 0 unspecified atom stereocenters. The van der Waals surface area contributed by atoms with Crippen LogP contribution in [0, 0.1) is 6.92 Å². The summed E-state index contributed by atoms with van der Waals surface area (Å²) in [6, 6.07) is 0.587. The van der Waals surface area contributed by atoms with E-state index in [0.29, 0.717) is 18.6 Å². The number of anilines is 2. The predicted molar refractivity (Wildman–Crippen MR) is 66.8 cm³/mol. The molecule has 1 aromatic heterocycles. The van der Waals surface area contributed by atoms with Gasteiger partial charge in [0.1, 0.15) is 5.82 Å². The van der Waals surface area contributed by atoms with E-state index in [1.807, 2.05) is 6.92 Å². The molecule has 94 valence electrons. The Labute approximate surface area is 101 Å². The maximum atomic E-state index is 5.34. The maximum Gasteiger partial charge on any atom is 0.239 e. The van der Waals surface area contributed by atoms with Crippen LogP contribution in [0.1, 0.15) is 18.4 Å². The van der Waals surface area contributed by atoms with E-state index in [2.05, 4.69) is 20.3 Å². The number of nitrogens with zero attached hydrogens (tertiary/aromatic N) is 3. The average molecular weight is 237 g/mol. The lowest BCUT2D eigenvalue weighted by Gasteiger charge is -2.24. The van der Waals surface area contributed by atoms with Crippen molar-refractivity contribution in [2.45, 2.75) is 25.8 Å². The van der Waals surface area contributed by atoms with Gasteiger partial charge in [0.25, 0.3) is 0 Å². The fourth-order valence-corrected chi connectivity index (χ4v) is 1.83. The summed E-state index contributed by atoms with van der Waals surface area (Å²) in [6.07, 6.45) is 4.23. The second-order valence-electron chi connectivity index (χ2n) is 4.26. The van der Waals surface area contributed by atoms with Gasteiger partial charge >= 0.3 is 0 Å². The third-order valence-corrected chi connectivity index (χ3v) is 2.87. The summed E-state index contributed by atoms with van der Waals surface area (Å²) in [5.74, 6) is 6.75. The monoisotopic (exact) mass is 237 g/mol. The maximum absolute atomic E-state index is 5.34. The highest BCUT2D eigenvalue weighted by Crippen LogP contribution is 2.32. The molecule has 0 atom stereocenters. The largest absolute Gasteiger partial charge is 0.383 e. The number of nitrogens with two attached hydrogens (primary N) is 1. The van der Waals surface area contributed by atoms with Crippen LogP contribution < -0.4 is 16.2 Å². The number of methoxy groups -OCH3 is 1. The molecule has 6 nitrogen and oxygen atoms in total. The van der Waals surface area contributed by atoms with Crippen molar-refractivity contribution in [2.24, 2.45) is 5.84 Å². The smallest absolute Gasteiger partial charge is 0.239 e. The summed E-state index contributed by atoms with van der Waals surface area (Å²) < 4.78 is 5.14. The van der Waals surface area contributed by atoms with Crippen molar-refractivity contribution < 1.29 is 4.74 Å². The third-order valence-electron chi connectivity index (χ3n) is 2.87. The van der Waals surface area contributed by atoms with Gasteiger partial charge in [0.05, 0.1) is 6.61 Å². The molecule has 0 bridgehead atoms. The molecular formula is C11H19N5O. The van der Waals surface area contributed by atoms with Gasteiger partial charge in [-0.2, -0.15) is 4.98 Å². The van der Waals surface area contributed by atoms with Crippen LogP contribution in [0.3, 0.4) is 0 Å². The molecular weight excluding hydrogens is 218 g/mol. The van der Waals surface area contributed by atoms with Crippen LogP contribution in [0.2, 0.25) is 0 Å². The van der Waals surface area contributed by atoms with Gasteiger partial charge in [0.2, 0.25) is 5.95 Å². The highest BCUT2D eigenvalue weighted by atomic mass is 16.5. The molecule has 6 heteroatoms. The Morgan fingerprint density at radius 2 is 2.35 bits per heavy atom. The Hall–Kier alpha value is -1.40. The first-order valence-corrected chi connectivity index (χ1v) is 5.82. The number of hydrogen-bond donors (Lipinski definition) is 2. The Kier molecular flexibility index (Phi) is 3.75. The first-order chi connectivity index (χ1) is 8.26. The van der Waals surface area contributed by atoms with E-state index in [0.717, 1.165) is 17.9 Å². The molecule has 0 amide bonds. The van der Waals surface area contributed by atoms with Gasteiger partial charge in [-0.05, 0) is 19.8 Å². The van der Waals surface area contributed by atoms with E-state index in [-0.39, 0.29) is 0 Å². The van der Waals surface area contributed by atoms with E-state index < -0.39 is 0 Å². The minimum atomic E-state index is 0.452. The first-order valence-electron chi connectivity index (χ1n) is 5.82. The molecule has 1 aliphatic rings. The quantitative estimate of drug-likeness (QED) is 0.560. The van der Waals surface area contributed by atoms with Gasteiger partial charge in [0.15, 0.2) is 0 Å². The standard InChI is InChI=1S/C11H19N5O/c1-8-7-13-11(15-12)14-10(8)16(5-6-17-2)9-3-4-9/h7,9H,3-6,12H2,1-2H3,(H,13,14,15). The fraction of sp³-hybridized carbons (Fsp3) is 0.636. The van der Waals surface area contributed by atoms with Gasteiger partial charge in [-0.1, -0.05) is 0 Å². The number of aryl methyl sites for hydroxylation is 1. The number of hydrazine groups is 1. The zero-order valence-corrected chi connectivity index (χ0v) is 10.3. The number of aromatic nitrogens is 2. The lowest BCUT2D eigenvalue weighted by molar-refractivity contribution is 0.204. The van der Waals surface area contributed by atoms with Gasteiger partial charge in [-0.3, -0.25) is 5.43 Å². The number of rotatable bonds is 6. The summed E-state index contributed by atoms with van der Waals surface area (Å²) in [4.78, 5) is 10.8. The number of hydrogen-bond acceptors (Lipinski definition) is 6. The van der Waals surface area contributed by atoms with Crippen LogP contribution in [0.5, 0.6) is 0 Å². The zero-order chi connectivity index (χ0) is 12.3. The van der Waals surface area contributed by atoms with Gasteiger partial charge in [-0.25, -0.2) is 10.8 Å². The molecule has 0 aromatic carbocycles. The molecule has 17 heavy (non-hydrogen) atoms. The van der Waals surface area contributed by atoms with Crippen molar-refractivity contribution in [3.8, 4) is 0 Å². The van der Waals surface area contributed by atoms with E-state index >= 15 is 0 Å². The van der Waals surface area contributed by atoms with Gasteiger partial charge in [-0.15, -0.1) is 0 Å². The van der Waals surface area contributed by atoms with Crippen molar-refractivity contribution >= 4 is 11.8 Å². The molecule has 1 fully saturated rings. The highest BCUT2D eigenvalue weighted by molar-refractivity contribution is 5.50. The molecule has 0 radical (unpaired) electrons. The van der Waals surface area contributed by atoms with Crippen LogP contribution >= 0.6 is 0 Å². The highest BCUT2D eigenvalue weighted by Gasteiger charge is 2.30. The molecule has 0 aliphatic heterocycles. The van der Waals surface area contributed by atoms with Crippen molar-refractivity contribution in [3.63, 3.8) is 0 Å². The van der Waals surface area contributed by atoms with E-state index in [1.54, 1.807) is 13.3 Å². The Bertz CT molecular complexity index is 380. The lowest BCUT2D eigenvalue weighted by Crippen LogP contribution is -2.31. The Morgan fingerprint density at radius 3 is 2.94 bits per heavy atom. The zero-order valence-electron chi connectivity index (χ0n) is 10.3. The summed E-state index contributed by atoms with van der Waals surface area (Å²) >= 11 is 0. The molecule has 0 spiro atoms. The van der Waals surface area contributed by atoms with Crippen molar-refractivity contribution in [2.75, 3.05) is 30.6 Å². The van der Waals surface area contributed by atoms with Crippen molar-refractivity contribution in [1.29, 1.82) is 0 Å². The van der Waals surface area contributed by atoms with Crippen molar-refractivity contribution in [1.82, 2.24) is 9.97 Å². The first kappa shape index (κ1) is 12.1. The Morgan fingerprint density at radius 1 is 1.59 bits per heavy atom. The van der Waals surface area contributed by atoms with Gasteiger partial charge < -0.3 is 9.64 Å². The second kappa shape index (κ2) is 5.29. The van der Waals surface area contributed by atoms with Crippen molar-refractivity contribution in [3.05, 3.63) is 11.8 Å². The molecule has 1 saturated carbocycles. The summed E-state index contributed by atoms with van der Waals surface area (Å²) in [7, 11) is 1.71. The minimum absolute atomic E-state index is 0.452. The summed E-state index contributed by atoms with van der Waals surface area (Å²) in [5.41, 5.74) is 3.55. The molecule has 1 aliphatic carbocycles. The van der Waals surface area contributed by atoms with Crippen LogP contribution in [0.25, 0.3) is 0 Å². The lowest BCUT2D eigenvalue weighted by atomic mass is 10.3. The van der Waals surface area contributed by atoms with Gasteiger partial charge in [0, 0.05) is 31.5 Å². The second-order valence-corrected chi connectivity index (χ2v) is 4.26. The predicted octanol–water partition coefficient (Wildman–Crippen LogP) is 0.686. The number of nitrogen functional groups attached to an aromatic ring is 1. The molecule has 1 heterocycles. The van der Waals surface area contributed by atoms with E-state index in [9.17, 15) is 0 Å². The summed E-state index contributed by atoms with van der Waals surface area (Å²) in [5, 5.41) is 0. The minimum Gasteiger partial charge on any atom is -0.383 e. The van der Waals surface area contributed by atoms with E-state index in [4.69, 9.17) is 10.6 Å². The van der Waals surface area contributed by atoms with Crippen LogP contribution in [-0.4, -0.2) is 36.3 Å². The average Bonchev–Trinajstić information content (AvgIpc) is 3.16. The molecule has 1 aromatic rings. The third kappa shape index (κ3) is 2.83. The molecule has 2 rings (SSSR count). The SMILES string of the molecule is COCCN(c1nc(NN)ncc1C)C1CC1. The van der Waals surface area contributed by atoms with Crippen LogP contribution in [-0.2, 0) is 4.74 Å². The normalized spacial score (nSPS) is 14.8. The number of ether oxygens (including phenoxy) is 1.